The molecule has 0 saturated heterocycles. The first-order chi connectivity index (χ1) is 12.7. The Morgan fingerprint density at radius 3 is 2.78 bits per heavy atom. The third-order valence-corrected chi connectivity index (χ3v) is 4.61. The van der Waals surface area contributed by atoms with Gasteiger partial charge in [-0.2, -0.15) is 9.37 Å². The highest BCUT2D eigenvalue weighted by Gasteiger charge is 2.20. The summed E-state index contributed by atoms with van der Waals surface area (Å²) in [7, 11) is 0. The van der Waals surface area contributed by atoms with E-state index in [-0.39, 0.29) is 5.69 Å². The van der Waals surface area contributed by atoms with Gasteiger partial charge in [-0.1, -0.05) is 11.8 Å². The van der Waals surface area contributed by atoms with E-state index in [0.29, 0.717) is 10.9 Å². The molecule has 1 unspecified atom stereocenters. The Hall–Kier alpha value is -3.08. The van der Waals surface area contributed by atoms with Crippen molar-refractivity contribution in [3.63, 3.8) is 0 Å². The Kier molecular flexibility index (Phi) is 5.04. The summed E-state index contributed by atoms with van der Waals surface area (Å²) in [4.78, 5) is 30.9. The van der Waals surface area contributed by atoms with Crippen LogP contribution in [0.2, 0.25) is 0 Å². The number of nitrogens with one attached hydrogen (secondary N) is 1. The number of amides is 1. The van der Waals surface area contributed by atoms with Crippen LogP contribution < -0.4 is 5.32 Å². The summed E-state index contributed by atoms with van der Waals surface area (Å²) in [6, 6.07) is 5.04. The van der Waals surface area contributed by atoms with Gasteiger partial charge in [-0.3, -0.25) is 14.9 Å². The number of fused-ring (bicyclic) bond motifs is 1. The van der Waals surface area contributed by atoms with Crippen LogP contribution in [-0.4, -0.2) is 35.7 Å². The third kappa shape index (κ3) is 4.03. The number of aryl methyl sites for hydroxylation is 2. The molecule has 3 aromatic rings. The van der Waals surface area contributed by atoms with Crippen LogP contribution >= 0.6 is 11.8 Å². The van der Waals surface area contributed by atoms with Crippen LogP contribution in [0.3, 0.4) is 0 Å². The molecule has 11 heteroatoms. The minimum atomic E-state index is -0.965. The molecular formula is C16H15FN6O3S. The predicted octanol–water partition coefficient (Wildman–Crippen LogP) is 2.91. The highest BCUT2D eigenvalue weighted by atomic mass is 32.2. The zero-order valence-electron chi connectivity index (χ0n) is 14.6. The monoisotopic (exact) mass is 390 g/mol. The average Bonchev–Trinajstić information content (AvgIpc) is 2.98. The molecule has 2 heterocycles. The van der Waals surface area contributed by atoms with Gasteiger partial charge in [-0.15, -0.1) is 5.10 Å². The number of hydrogen-bond acceptors (Lipinski definition) is 7. The number of halogens is 1. The van der Waals surface area contributed by atoms with E-state index in [2.05, 4.69) is 20.4 Å². The van der Waals surface area contributed by atoms with Crippen molar-refractivity contribution in [2.45, 2.75) is 31.2 Å². The van der Waals surface area contributed by atoms with E-state index in [4.69, 9.17) is 0 Å². The van der Waals surface area contributed by atoms with Crippen molar-refractivity contribution in [3.05, 3.63) is 51.6 Å². The van der Waals surface area contributed by atoms with Crippen molar-refractivity contribution >= 4 is 34.8 Å². The Labute approximate surface area is 157 Å². The zero-order chi connectivity index (χ0) is 19.7. The topological polar surface area (TPSA) is 115 Å². The molecule has 0 aliphatic carbocycles. The van der Waals surface area contributed by atoms with Gasteiger partial charge in [-0.05, 0) is 39.0 Å². The minimum absolute atomic E-state index is 0.136. The Bertz CT molecular complexity index is 1050. The Morgan fingerprint density at radius 1 is 1.33 bits per heavy atom. The molecule has 1 aromatic carbocycles. The highest BCUT2D eigenvalue weighted by molar-refractivity contribution is 8.00. The molecule has 3 rings (SSSR count). The highest BCUT2D eigenvalue weighted by Crippen LogP contribution is 2.24. The fraction of sp³-hybridized carbons (Fsp3) is 0.250. The number of nitrogens with zero attached hydrogens (tertiary/aromatic N) is 5. The van der Waals surface area contributed by atoms with E-state index >= 15 is 0 Å². The van der Waals surface area contributed by atoms with E-state index in [9.17, 15) is 19.3 Å². The first-order valence-corrected chi connectivity index (χ1v) is 8.75. The number of thioether (sulfide) groups is 1. The summed E-state index contributed by atoms with van der Waals surface area (Å²) < 4.78 is 15.0. The summed E-state index contributed by atoms with van der Waals surface area (Å²) in [5.74, 6) is -0.940. The van der Waals surface area contributed by atoms with Gasteiger partial charge >= 0.3 is 5.69 Å². The average molecular weight is 390 g/mol. The standard InChI is InChI=1S/C16H15FN6O3S/c1-8-6-9(2)22-15(18-8)20-16(21-22)27-10(3)14(24)19-11-4-5-12(17)13(7-11)23(25)26/h4-7,10H,1-3H3,(H,19,24). The van der Waals surface area contributed by atoms with Crippen LogP contribution in [0.25, 0.3) is 5.78 Å². The predicted molar refractivity (Wildman–Crippen MR) is 97.3 cm³/mol. The first kappa shape index (κ1) is 18.7. The van der Waals surface area contributed by atoms with Crippen molar-refractivity contribution in [3.8, 4) is 0 Å². The summed E-state index contributed by atoms with van der Waals surface area (Å²) >= 11 is 1.12. The molecule has 0 aliphatic heterocycles. The number of hydrogen-bond donors (Lipinski definition) is 1. The fourth-order valence-corrected chi connectivity index (χ4v) is 3.13. The van der Waals surface area contributed by atoms with Gasteiger partial charge in [0.1, 0.15) is 0 Å². The maximum Gasteiger partial charge on any atom is 0.306 e. The maximum absolute atomic E-state index is 13.4. The molecule has 27 heavy (non-hydrogen) atoms. The molecule has 1 atom stereocenters. The second kappa shape index (κ2) is 7.27. The van der Waals surface area contributed by atoms with Gasteiger partial charge in [-0.25, -0.2) is 9.50 Å². The number of carbonyl (C=O) groups is 1. The van der Waals surface area contributed by atoms with Gasteiger partial charge in [0.15, 0.2) is 0 Å². The fourth-order valence-electron chi connectivity index (χ4n) is 2.38. The van der Waals surface area contributed by atoms with E-state index in [1.54, 1.807) is 11.4 Å². The number of carbonyl (C=O) groups excluding carboxylic acids is 1. The summed E-state index contributed by atoms with van der Waals surface area (Å²) in [5, 5.41) is 17.4. The molecule has 0 aliphatic rings. The van der Waals surface area contributed by atoms with Gasteiger partial charge < -0.3 is 5.32 Å². The Morgan fingerprint density at radius 2 is 2.07 bits per heavy atom. The lowest BCUT2D eigenvalue weighted by Gasteiger charge is -2.10. The number of nitro groups is 1. The second-order valence-corrected chi connectivity index (χ2v) is 7.13. The summed E-state index contributed by atoms with van der Waals surface area (Å²) in [6.45, 7) is 5.38. The Balaban J connectivity index is 1.74. The van der Waals surface area contributed by atoms with Crippen molar-refractivity contribution in [1.29, 1.82) is 0 Å². The molecule has 2 aromatic heterocycles. The lowest BCUT2D eigenvalue weighted by molar-refractivity contribution is -0.387. The number of rotatable bonds is 5. The lowest BCUT2D eigenvalue weighted by atomic mass is 10.2. The number of nitro benzene ring substituents is 1. The number of benzene rings is 1. The molecule has 0 bridgehead atoms. The van der Waals surface area contributed by atoms with Crippen LogP contribution in [0, 0.1) is 29.8 Å². The third-order valence-electron chi connectivity index (χ3n) is 3.66. The maximum atomic E-state index is 13.4. The SMILES string of the molecule is Cc1cc(C)n2nc(SC(C)C(=O)Nc3ccc(F)c([N+](=O)[O-])c3)nc2n1. The van der Waals surface area contributed by atoms with Crippen LogP contribution in [0.4, 0.5) is 15.8 Å². The minimum Gasteiger partial charge on any atom is -0.325 e. The largest absolute Gasteiger partial charge is 0.325 e. The molecule has 0 radical (unpaired) electrons. The number of anilines is 1. The zero-order valence-corrected chi connectivity index (χ0v) is 15.5. The quantitative estimate of drug-likeness (QED) is 0.404. The normalized spacial score (nSPS) is 12.1. The summed E-state index contributed by atoms with van der Waals surface area (Å²) in [6.07, 6.45) is 0. The van der Waals surface area contributed by atoms with Crippen LogP contribution in [0.15, 0.2) is 29.4 Å². The van der Waals surface area contributed by atoms with E-state index in [1.807, 2.05) is 19.9 Å². The van der Waals surface area contributed by atoms with Gasteiger partial charge in [0.25, 0.3) is 5.78 Å². The van der Waals surface area contributed by atoms with E-state index < -0.39 is 27.6 Å². The van der Waals surface area contributed by atoms with Crippen LogP contribution in [-0.2, 0) is 4.79 Å². The molecule has 9 nitrogen and oxygen atoms in total. The van der Waals surface area contributed by atoms with Crippen LogP contribution in [0.5, 0.6) is 0 Å². The van der Waals surface area contributed by atoms with E-state index in [0.717, 1.165) is 35.3 Å². The van der Waals surface area contributed by atoms with Gasteiger partial charge in [0.2, 0.25) is 16.9 Å². The van der Waals surface area contributed by atoms with Gasteiger partial charge in [0.05, 0.1) is 10.2 Å². The van der Waals surface area contributed by atoms with Crippen molar-refractivity contribution < 1.29 is 14.1 Å². The molecule has 140 valence electrons. The summed E-state index contributed by atoms with van der Waals surface area (Å²) in [5.41, 5.74) is 1.11. The molecule has 1 N–H and O–H groups in total. The molecule has 0 saturated carbocycles. The molecular weight excluding hydrogens is 375 g/mol. The first-order valence-electron chi connectivity index (χ1n) is 7.87. The van der Waals surface area contributed by atoms with Crippen LogP contribution in [0.1, 0.15) is 18.3 Å². The smallest absolute Gasteiger partial charge is 0.306 e. The van der Waals surface area contributed by atoms with Crippen molar-refractivity contribution in [2.24, 2.45) is 0 Å². The molecule has 1 amide bonds. The molecule has 0 spiro atoms. The van der Waals surface area contributed by atoms with Crippen molar-refractivity contribution in [1.82, 2.24) is 19.6 Å². The van der Waals surface area contributed by atoms with Crippen molar-refractivity contribution in [2.75, 3.05) is 5.32 Å². The molecule has 0 fully saturated rings. The second-order valence-electron chi connectivity index (χ2n) is 5.82. The van der Waals surface area contributed by atoms with Gasteiger partial charge in [0, 0.05) is 23.1 Å². The lowest BCUT2D eigenvalue weighted by Crippen LogP contribution is -2.22. The van der Waals surface area contributed by atoms with E-state index in [1.165, 1.54) is 6.07 Å². The number of aromatic nitrogens is 4.